The molecule has 2 nitrogen and oxygen atoms in total. The molecule has 2 aromatic rings. The summed E-state index contributed by atoms with van der Waals surface area (Å²) in [6.45, 7) is 10.8. The molecule has 0 aliphatic heterocycles. The van der Waals surface area contributed by atoms with Crippen molar-refractivity contribution in [3.05, 3.63) is 35.6 Å². The van der Waals surface area contributed by atoms with Gasteiger partial charge in [-0.2, -0.15) is 0 Å². The van der Waals surface area contributed by atoms with Gasteiger partial charge in [0, 0.05) is 17.7 Å². The van der Waals surface area contributed by atoms with Gasteiger partial charge in [0.15, 0.2) is 5.78 Å². The smallest absolute Gasteiger partial charge is 0.171 e. The van der Waals surface area contributed by atoms with Crippen molar-refractivity contribution in [2.24, 2.45) is 16.7 Å². The Hall–Kier alpha value is -1.57. The Morgan fingerprint density at radius 1 is 1.15 bits per heavy atom. The summed E-state index contributed by atoms with van der Waals surface area (Å²) >= 11 is 0. The lowest BCUT2D eigenvalue weighted by Gasteiger charge is -2.03. The molecule has 1 saturated carbocycles. The Kier molecular flexibility index (Phi) is 2.66. The Morgan fingerprint density at radius 3 is 2.30 bits per heavy atom. The second-order valence-electron chi connectivity index (χ2n) is 6.99. The number of furan rings is 1. The first kappa shape index (κ1) is 13.4. The first-order chi connectivity index (χ1) is 9.32. The van der Waals surface area contributed by atoms with Crippen molar-refractivity contribution < 1.29 is 9.21 Å². The largest absolute Gasteiger partial charge is 0.460 e. The van der Waals surface area contributed by atoms with E-state index in [9.17, 15) is 4.79 Å². The number of aryl methyl sites for hydroxylation is 1. The van der Waals surface area contributed by atoms with Gasteiger partial charge in [0.05, 0.1) is 5.56 Å². The molecule has 0 bridgehead atoms. The lowest BCUT2D eigenvalue weighted by molar-refractivity contribution is 0.0944. The minimum absolute atomic E-state index is 0.0630. The first-order valence-corrected chi connectivity index (χ1v) is 7.37. The van der Waals surface area contributed by atoms with E-state index in [2.05, 4.69) is 27.7 Å². The molecule has 1 fully saturated rings. The second-order valence-corrected chi connectivity index (χ2v) is 6.99. The topological polar surface area (TPSA) is 30.2 Å². The van der Waals surface area contributed by atoms with Gasteiger partial charge in [0.25, 0.3) is 0 Å². The highest BCUT2D eigenvalue weighted by Crippen LogP contribution is 2.69. The van der Waals surface area contributed by atoms with Gasteiger partial charge in [0.1, 0.15) is 11.3 Å². The number of rotatable bonds is 3. The third-order valence-electron chi connectivity index (χ3n) is 5.52. The molecule has 2 heteroatoms. The fourth-order valence-corrected chi connectivity index (χ4v) is 3.61. The molecule has 1 heterocycles. The molecule has 0 unspecified atom stereocenters. The summed E-state index contributed by atoms with van der Waals surface area (Å²) in [6.07, 6.45) is 0.753. The van der Waals surface area contributed by atoms with E-state index in [0.29, 0.717) is 0 Å². The zero-order chi connectivity index (χ0) is 14.7. The van der Waals surface area contributed by atoms with Crippen molar-refractivity contribution in [2.45, 2.75) is 41.0 Å². The van der Waals surface area contributed by atoms with Gasteiger partial charge >= 0.3 is 0 Å². The van der Waals surface area contributed by atoms with E-state index in [1.165, 1.54) is 0 Å². The molecule has 0 amide bonds. The zero-order valence-corrected chi connectivity index (χ0v) is 12.9. The molecular formula is C18H22O2. The molecular weight excluding hydrogens is 248 g/mol. The Morgan fingerprint density at radius 2 is 1.75 bits per heavy atom. The van der Waals surface area contributed by atoms with Crippen LogP contribution in [0.1, 0.15) is 50.7 Å². The van der Waals surface area contributed by atoms with Gasteiger partial charge in [-0.3, -0.25) is 4.79 Å². The van der Waals surface area contributed by atoms with Crippen molar-refractivity contribution in [1.82, 2.24) is 0 Å². The lowest BCUT2D eigenvalue weighted by Crippen LogP contribution is -2.09. The predicted octanol–water partition coefficient (Wildman–Crippen LogP) is 4.86. The monoisotopic (exact) mass is 270 g/mol. The van der Waals surface area contributed by atoms with E-state index >= 15 is 0 Å². The number of carbonyl (C=O) groups excluding carboxylic acids is 1. The summed E-state index contributed by atoms with van der Waals surface area (Å²) in [6, 6.07) is 7.85. The average molecular weight is 270 g/mol. The van der Waals surface area contributed by atoms with Gasteiger partial charge in [-0.1, -0.05) is 52.8 Å². The SMILES string of the molecule is CCc1oc2ccccc2c1C(=O)C1C(C)(C)C1(C)C. The molecule has 3 rings (SSSR count). The standard InChI is InChI=1S/C18H22O2/c1-6-12-14(11-9-7-8-10-13(11)20-12)15(19)16-17(2,3)18(16,4)5/h7-10,16H,6H2,1-5H3. The molecule has 0 radical (unpaired) electrons. The molecule has 20 heavy (non-hydrogen) atoms. The van der Waals surface area contributed by atoms with Crippen LogP contribution in [-0.2, 0) is 6.42 Å². The number of hydrogen-bond donors (Lipinski definition) is 0. The molecule has 0 N–H and O–H groups in total. The third kappa shape index (κ3) is 1.54. The molecule has 106 valence electrons. The fourth-order valence-electron chi connectivity index (χ4n) is 3.61. The van der Waals surface area contributed by atoms with Crippen molar-refractivity contribution in [3.63, 3.8) is 0 Å². The van der Waals surface area contributed by atoms with Crippen molar-refractivity contribution >= 4 is 16.8 Å². The van der Waals surface area contributed by atoms with Crippen LogP contribution in [0.5, 0.6) is 0 Å². The van der Waals surface area contributed by atoms with Crippen LogP contribution in [-0.4, -0.2) is 5.78 Å². The zero-order valence-electron chi connectivity index (χ0n) is 12.9. The molecule has 1 aliphatic rings. The van der Waals surface area contributed by atoms with Crippen LogP contribution in [0.15, 0.2) is 28.7 Å². The minimum atomic E-state index is 0.0630. The minimum Gasteiger partial charge on any atom is -0.460 e. The predicted molar refractivity (Wildman–Crippen MR) is 81.0 cm³/mol. The summed E-state index contributed by atoms with van der Waals surface area (Å²) in [7, 11) is 0. The normalized spacial score (nSPS) is 20.2. The summed E-state index contributed by atoms with van der Waals surface area (Å²) in [5, 5.41) is 0.966. The molecule has 1 aliphatic carbocycles. The number of hydrogen-bond acceptors (Lipinski definition) is 2. The van der Waals surface area contributed by atoms with Gasteiger partial charge in [0.2, 0.25) is 0 Å². The van der Waals surface area contributed by atoms with Crippen LogP contribution >= 0.6 is 0 Å². The lowest BCUT2D eigenvalue weighted by atomic mass is 9.98. The number of fused-ring (bicyclic) bond motifs is 1. The van der Waals surface area contributed by atoms with Gasteiger partial charge in [-0.15, -0.1) is 0 Å². The van der Waals surface area contributed by atoms with E-state index < -0.39 is 0 Å². The number of para-hydroxylation sites is 1. The number of carbonyl (C=O) groups is 1. The molecule has 0 spiro atoms. The van der Waals surface area contributed by atoms with Crippen LogP contribution in [0.4, 0.5) is 0 Å². The molecule has 1 aromatic carbocycles. The highest BCUT2D eigenvalue weighted by Gasteiger charge is 2.68. The quantitative estimate of drug-likeness (QED) is 0.745. The maximum absolute atomic E-state index is 13.0. The van der Waals surface area contributed by atoms with E-state index in [1.807, 2.05) is 31.2 Å². The third-order valence-corrected chi connectivity index (χ3v) is 5.52. The summed E-state index contributed by atoms with van der Waals surface area (Å²) in [4.78, 5) is 13.0. The summed E-state index contributed by atoms with van der Waals surface area (Å²) in [5.41, 5.74) is 1.76. The van der Waals surface area contributed by atoms with Crippen molar-refractivity contribution in [1.29, 1.82) is 0 Å². The number of benzene rings is 1. The average Bonchev–Trinajstić information content (AvgIpc) is 2.72. The Bertz CT molecular complexity index is 675. The van der Waals surface area contributed by atoms with Crippen LogP contribution in [0.25, 0.3) is 11.0 Å². The highest BCUT2D eigenvalue weighted by atomic mass is 16.3. The van der Waals surface area contributed by atoms with E-state index in [4.69, 9.17) is 4.42 Å². The van der Waals surface area contributed by atoms with Gasteiger partial charge in [-0.05, 0) is 16.9 Å². The van der Waals surface area contributed by atoms with Crippen LogP contribution in [0.3, 0.4) is 0 Å². The van der Waals surface area contributed by atoms with Crippen molar-refractivity contribution in [2.75, 3.05) is 0 Å². The second kappa shape index (κ2) is 3.97. The molecule has 1 aromatic heterocycles. The van der Waals surface area contributed by atoms with Crippen LogP contribution < -0.4 is 0 Å². The maximum Gasteiger partial charge on any atom is 0.171 e. The summed E-state index contributed by atoms with van der Waals surface area (Å²) in [5.74, 6) is 1.16. The number of ketones is 1. The Balaban J connectivity index is 2.13. The maximum atomic E-state index is 13.0. The van der Waals surface area contributed by atoms with E-state index in [-0.39, 0.29) is 22.5 Å². The first-order valence-electron chi connectivity index (χ1n) is 7.37. The summed E-state index contributed by atoms with van der Waals surface area (Å²) < 4.78 is 5.86. The van der Waals surface area contributed by atoms with Crippen LogP contribution in [0, 0.1) is 16.7 Å². The van der Waals surface area contributed by atoms with Gasteiger partial charge in [-0.25, -0.2) is 0 Å². The number of Topliss-reactive ketones (excluding diaryl/α,β-unsaturated/α-hetero) is 1. The molecule has 0 atom stereocenters. The molecule has 0 saturated heterocycles. The van der Waals surface area contributed by atoms with Crippen LogP contribution in [0.2, 0.25) is 0 Å². The van der Waals surface area contributed by atoms with E-state index in [0.717, 1.165) is 28.7 Å². The van der Waals surface area contributed by atoms with Crippen molar-refractivity contribution in [3.8, 4) is 0 Å². The fraction of sp³-hybridized carbons (Fsp3) is 0.500. The highest BCUT2D eigenvalue weighted by molar-refractivity contribution is 6.11. The van der Waals surface area contributed by atoms with E-state index in [1.54, 1.807) is 0 Å². The van der Waals surface area contributed by atoms with Gasteiger partial charge < -0.3 is 4.42 Å². The Labute approximate surface area is 120 Å².